The van der Waals surface area contributed by atoms with E-state index < -0.39 is 6.10 Å². The van der Waals surface area contributed by atoms with Crippen LogP contribution >= 0.6 is 0 Å². The Bertz CT molecular complexity index is 907. The summed E-state index contributed by atoms with van der Waals surface area (Å²) in [5.74, 6) is -0.247. The van der Waals surface area contributed by atoms with E-state index in [4.69, 9.17) is 9.47 Å². The Labute approximate surface area is 310 Å². The Kier molecular flexibility index (Phi) is 40.7. The first kappa shape index (κ1) is 47.6. The van der Waals surface area contributed by atoms with Gasteiger partial charge in [-0.3, -0.25) is 4.79 Å². The molecule has 1 atom stereocenters. The second-order valence-electron chi connectivity index (χ2n) is 13.3. The zero-order valence-electron chi connectivity index (χ0n) is 32.6. The van der Waals surface area contributed by atoms with E-state index >= 15 is 0 Å². The molecule has 50 heavy (non-hydrogen) atoms. The van der Waals surface area contributed by atoms with Gasteiger partial charge in [0.05, 0.1) is 13.2 Å². The van der Waals surface area contributed by atoms with Gasteiger partial charge in [0.25, 0.3) is 0 Å². The zero-order valence-corrected chi connectivity index (χ0v) is 32.6. The van der Waals surface area contributed by atoms with Crippen molar-refractivity contribution >= 4 is 5.97 Å². The van der Waals surface area contributed by atoms with E-state index in [-0.39, 0.29) is 19.2 Å². The molecule has 0 aliphatic rings. The molecule has 0 amide bonds. The lowest BCUT2D eigenvalue weighted by Crippen LogP contribution is -2.27. The van der Waals surface area contributed by atoms with Gasteiger partial charge < -0.3 is 14.6 Å². The van der Waals surface area contributed by atoms with Crippen LogP contribution in [0.15, 0.2) is 85.1 Å². The fourth-order valence-corrected chi connectivity index (χ4v) is 5.38. The van der Waals surface area contributed by atoms with Gasteiger partial charge in [-0.25, -0.2) is 0 Å². The number of unbranched alkanes of at least 4 members (excludes halogenated alkanes) is 15. The van der Waals surface area contributed by atoms with E-state index in [9.17, 15) is 9.90 Å². The van der Waals surface area contributed by atoms with Gasteiger partial charge in [0.2, 0.25) is 0 Å². The lowest BCUT2D eigenvalue weighted by atomic mass is 10.1. The minimum absolute atomic E-state index is 0.197. The molecule has 0 bridgehead atoms. The molecule has 0 aliphatic heterocycles. The van der Waals surface area contributed by atoms with Crippen LogP contribution in [0.2, 0.25) is 0 Å². The number of carbonyl (C=O) groups is 1. The Balaban J connectivity index is 3.58. The van der Waals surface area contributed by atoms with Crippen molar-refractivity contribution in [3.63, 3.8) is 0 Å². The van der Waals surface area contributed by atoms with Crippen molar-refractivity contribution in [1.82, 2.24) is 0 Å². The van der Waals surface area contributed by atoms with Gasteiger partial charge in [-0.1, -0.05) is 163 Å². The fourth-order valence-electron chi connectivity index (χ4n) is 5.38. The first-order valence-corrected chi connectivity index (χ1v) is 20.7. The molecule has 0 aromatic rings. The molecule has 4 heteroatoms. The van der Waals surface area contributed by atoms with E-state index in [1.54, 1.807) is 0 Å². The molecular formula is C46H78O4. The number of hydrogen-bond acceptors (Lipinski definition) is 4. The smallest absolute Gasteiger partial charge is 0.306 e. The highest BCUT2D eigenvalue weighted by Gasteiger charge is 2.13. The van der Waals surface area contributed by atoms with Crippen molar-refractivity contribution in [3.8, 4) is 0 Å². The normalized spacial score (nSPS) is 13.3. The zero-order chi connectivity index (χ0) is 36.3. The summed E-state index contributed by atoms with van der Waals surface area (Å²) < 4.78 is 11.1. The number of esters is 1. The Morgan fingerprint density at radius 3 is 1.38 bits per heavy atom. The maximum Gasteiger partial charge on any atom is 0.306 e. The maximum atomic E-state index is 12.2. The van der Waals surface area contributed by atoms with Crippen molar-refractivity contribution in [2.24, 2.45) is 0 Å². The third kappa shape index (κ3) is 40.0. The van der Waals surface area contributed by atoms with Crippen LogP contribution in [0.3, 0.4) is 0 Å². The molecule has 0 saturated heterocycles. The highest BCUT2D eigenvalue weighted by atomic mass is 16.6. The van der Waals surface area contributed by atoms with Gasteiger partial charge in [0.15, 0.2) is 0 Å². The van der Waals surface area contributed by atoms with Crippen molar-refractivity contribution < 1.29 is 19.4 Å². The highest BCUT2D eigenvalue weighted by molar-refractivity contribution is 5.69. The molecule has 286 valence electrons. The summed E-state index contributed by atoms with van der Waals surface area (Å²) >= 11 is 0. The van der Waals surface area contributed by atoms with Crippen LogP contribution in [-0.2, 0) is 14.3 Å². The van der Waals surface area contributed by atoms with Crippen LogP contribution in [0.1, 0.15) is 174 Å². The second kappa shape index (κ2) is 42.7. The maximum absolute atomic E-state index is 12.2. The molecule has 0 aromatic carbocycles. The monoisotopic (exact) mass is 695 g/mol. The predicted octanol–water partition coefficient (Wildman–Crippen LogP) is 13.6. The first-order chi connectivity index (χ1) is 24.7. The molecule has 0 radical (unpaired) electrons. The Hall–Kier alpha value is -2.43. The lowest BCUT2D eigenvalue weighted by Gasteiger charge is -2.15. The molecule has 1 N–H and O–H groups in total. The second-order valence-corrected chi connectivity index (χ2v) is 13.3. The van der Waals surface area contributed by atoms with Crippen LogP contribution < -0.4 is 0 Å². The number of ether oxygens (including phenoxy) is 2. The molecule has 0 fully saturated rings. The molecule has 0 saturated carbocycles. The summed E-state index contributed by atoms with van der Waals surface area (Å²) in [5, 5.41) is 9.59. The summed E-state index contributed by atoms with van der Waals surface area (Å²) in [6, 6.07) is 0. The summed E-state index contributed by atoms with van der Waals surface area (Å²) in [6.45, 7) is 5.16. The third-order valence-corrected chi connectivity index (χ3v) is 8.45. The summed E-state index contributed by atoms with van der Waals surface area (Å²) in [5.41, 5.74) is 0. The molecular weight excluding hydrogens is 617 g/mol. The minimum atomic E-state index is -0.565. The number of carbonyl (C=O) groups excluding carboxylic acids is 1. The standard InChI is InChI=1S/C46H78O4/c1-3-5-7-9-11-13-15-17-19-21-22-23-24-25-27-29-31-33-35-37-39-41-46(48)50-45(43-47)44-49-42-40-38-36-34-32-30-28-26-20-18-16-14-12-10-8-6-4-2/h5,7,11,13,17,19-20,22-23,25-27,31,33,45,47H,3-4,6,8-10,12,14-16,18,21,24,28-30,32,34-44H2,1-2H3/b7-5-,13-11-,19-17-,23-22-,26-20-,27-25-,33-31-. The Morgan fingerprint density at radius 1 is 0.500 bits per heavy atom. The van der Waals surface area contributed by atoms with Gasteiger partial charge in [-0.2, -0.15) is 0 Å². The number of aliphatic hydroxyl groups is 1. The van der Waals surface area contributed by atoms with Crippen LogP contribution in [-0.4, -0.2) is 37.0 Å². The van der Waals surface area contributed by atoms with Gasteiger partial charge in [0.1, 0.15) is 6.10 Å². The van der Waals surface area contributed by atoms with Crippen LogP contribution in [0.4, 0.5) is 0 Å². The van der Waals surface area contributed by atoms with Gasteiger partial charge in [-0.15, -0.1) is 0 Å². The van der Waals surface area contributed by atoms with E-state index in [0.29, 0.717) is 13.0 Å². The lowest BCUT2D eigenvalue weighted by molar-refractivity contribution is -0.154. The molecule has 4 nitrogen and oxygen atoms in total. The first-order valence-electron chi connectivity index (χ1n) is 20.7. The number of allylic oxidation sites excluding steroid dienone is 14. The van der Waals surface area contributed by atoms with Gasteiger partial charge in [0, 0.05) is 13.0 Å². The van der Waals surface area contributed by atoms with Gasteiger partial charge >= 0.3 is 5.97 Å². The number of hydrogen-bond donors (Lipinski definition) is 1. The average molecular weight is 695 g/mol. The average Bonchev–Trinajstić information content (AvgIpc) is 3.12. The predicted molar refractivity (Wildman–Crippen MR) is 219 cm³/mol. The molecule has 0 heterocycles. The molecule has 0 rings (SSSR count). The highest BCUT2D eigenvalue weighted by Crippen LogP contribution is 2.11. The van der Waals surface area contributed by atoms with Crippen molar-refractivity contribution in [2.75, 3.05) is 19.8 Å². The topological polar surface area (TPSA) is 55.8 Å². The van der Waals surface area contributed by atoms with E-state index in [1.807, 2.05) is 0 Å². The van der Waals surface area contributed by atoms with Crippen molar-refractivity contribution in [2.45, 2.75) is 180 Å². The number of aliphatic hydroxyl groups excluding tert-OH is 1. The molecule has 0 aromatic heterocycles. The van der Waals surface area contributed by atoms with Crippen LogP contribution in [0.5, 0.6) is 0 Å². The summed E-state index contributed by atoms with van der Waals surface area (Å²) in [4.78, 5) is 12.2. The minimum Gasteiger partial charge on any atom is -0.457 e. The van der Waals surface area contributed by atoms with Crippen molar-refractivity contribution in [3.05, 3.63) is 85.1 Å². The molecule has 1 unspecified atom stereocenters. The SMILES string of the molecule is CC/C=C\C/C=C\C/C=C\C/C=C\C/C=C\C/C=C\CCCCC(=O)OC(CO)COCCCCCCCC/C=C\CCCCCCCCC. The fraction of sp³-hybridized carbons (Fsp3) is 0.674. The van der Waals surface area contributed by atoms with E-state index in [2.05, 4.69) is 98.9 Å². The van der Waals surface area contributed by atoms with Crippen molar-refractivity contribution in [1.29, 1.82) is 0 Å². The Morgan fingerprint density at radius 2 is 0.900 bits per heavy atom. The van der Waals surface area contributed by atoms with E-state index in [0.717, 1.165) is 70.6 Å². The largest absolute Gasteiger partial charge is 0.457 e. The van der Waals surface area contributed by atoms with Crippen LogP contribution in [0, 0.1) is 0 Å². The number of rotatable bonds is 37. The summed E-state index contributed by atoms with van der Waals surface area (Å²) in [6.07, 6.45) is 59.2. The molecule has 0 spiro atoms. The van der Waals surface area contributed by atoms with Gasteiger partial charge in [-0.05, 0) is 89.9 Å². The summed E-state index contributed by atoms with van der Waals surface area (Å²) in [7, 11) is 0. The molecule has 0 aliphatic carbocycles. The quantitative estimate of drug-likeness (QED) is 0.0399. The van der Waals surface area contributed by atoms with E-state index in [1.165, 1.54) is 83.5 Å². The third-order valence-electron chi connectivity index (χ3n) is 8.45. The van der Waals surface area contributed by atoms with Crippen LogP contribution in [0.25, 0.3) is 0 Å².